The molecule has 0 aromatic heterocycles. The number of hydrogen-bond donors (Lipinski definition) is 11. The van der Waals surface area contributed by atoms with Crippen molar-refractivity contribution in [3.8, 4) is 0 Å². The van der Waals surface area contributed by atoms with Gasteiger partial charge in [0.1, 0.15) is 0 Å². The molecule has 0 aromatic rings. The zero-order chi connectivity index (χ0) is 38.9. The Hall–Kier alpha value is -3.95. The highest BCUT2D eigenvalue weighted by atomic mass is 16.5. The molecule has 282 valence electrons. The normalized spacial score (nSPS) is 25.8. The van der Waals surface area contributed by atoms with Gasteiger partial charge in [0.2, 0.25) is 5.91 Å². The van der Waals surface area contributed by atoms with E-state index in [-0.39, 0.29) is 18.8 Å². The maximum atomic E-state index is 12.3. The fourth-order valence-electron chi connectivity index (χ4n) is 5.71. The zero-order valence-corrected chi connectivity index (χ0v) is 28.5. The lowest BCUT2D eigenvalue weighted by Crippen LogP contribution is -2.53. The van der Waals surface area contributed by atoms with E-state index in [1.807, 2.05) is 0 Å². The molecule has 0 aromatic carbocycles. The van der Waals surface area contributed by atoms with Crippen LogP contribution in [0.25, 0.3) is 0 Å². The molecule has 2 fully saturated rings. The Balaban J connectivity index is -0.000000337. The van der Waals surface area contributed by atoms with Crippen molar-refractivity contribution in [3.63, 3.8) is 0 Å². The topological polar surface area (TPSA) is 356 Å². The Labute approximate surface area is 278 Å². The molecule has 2 rings (SSSR count). The fourth-order valence-corrected chi connectivity index (χ4v) is 5.71. The number of carbonyl (C=O) groups is 7. The number of amides is 1. The summed E-state index contributed by atoms with van der Waals surface area (Å²) in [6, 6.07) is -0.421. The number of nitrogens with one attached hydrogen (secondary N) is 2. The van der Waals surface area contributed by atoms with Crippen LogP contribution in [0, 0.1) is 47.3 Å². The van der Waals surface area contributed by atoms with Crippen LogP contribution in [0.5, 0.6) is 0 Å². The Morgan fingerprint density at radius 2 is 0.958 bits per heavy atom. The highest BCUT2D eigenvalue weighted by molar-refractivity contribution is 5.91. The number of methoxy groups -OCH3 is 2. The molecular formula is C28H54N4O16. The van der Waals surface area contributed by atoms with Crippen molar-refractivity contribution in [2.24, 2.45) is 58.8 Å². The summed E-state index contributed by atoms with van der Waals surface area (Å²) in [5.74, 6) is -16.5. The second-order valence-corrected chi connectivity index (χ2v) is 9.67. The molecule has 20 nitrogen and oxygen atoms in total. The first-order valence-corrected chi connectivity index (χ1v) is 14.4. The first kappa shape index (κ1) is 50.9. The highest BCUT2D eigenvalue weighted by Crippen LogP contribution is 2.42. The monoisotopic (exact) mass is 702 g/mol. The molecular weight excluding hydrogens is 648 g/mol. The first-order valence-electron chi connectivity index (χ1n) is 14.4. The van der Waals surface area contributed by atoms with Crippen molar-refractivity contribution < 1.29 is 78.9 Å². The second kappa shape index (κ2) is 28.1. The molecule has 2 aliphatic rings. The summed E-state index contributed by atoms with van der Waals surface area (Å²) < 4.78 is 9.58. The van der Waals surface area contributed by atoms with Crippen LogP contribution in [0.15, 0.2) is 0 Å². The first-order chi connectivity index (χ1) is 22.7. The molecule has 0 spiro atoms. The average Bonchev–Trinajstić information content (AvgIpc) is 3.12. The van der Waals surface area contributed by atoms with Crippen molar-refractivity contribution in [1.82, 2.24) is 10.8 Å². The smallest absolute Gasteiger partial charge is 0.309 e. The van der Waals surface area contributed by atoms with Crippen LogP contribution < -0.4 is 22.3 Å². The minimum atomic E-state index is -1.73. The second-order valence-electron chi connectivity index (χ2n) is 9.67. The van der Waals surface area contributed by atoms with E-state index < -0.39 is 89.2 Å². The van der Waals surface area contributed by atoms with Gasteiger partial charge in [-0.1, -0.05) is 0 Å². The van der Waals surface area contributed by atoms with Gasteiger partial charge in [-0.05, 0) is 52.6 Å². The lowest BCUT2D eigenvalue weighted by molar-refractivity contribution is -0.172. The quantitative estimate of drug-likeness (QED) is 0.0885. The maximum Gasteiger partial charge on any atom is 0.309 e. The largest absolute Gasteiger partial charge is 0.481 e. The number of aliphatic carboxylic acids is 4. The van der Waals surface area contributed by atoms with Crippen molar-refractivity contribution in [3.05, 3.63) is 0 Å². The Morgan fingerprint density at radius 1 is 0.604 bits per heavy atom. The minimum Gasteiger partial charge on any atom is -0.481 e. The summed E-state index contributed by atoms with van der Waals surface area (Å²) >= 11 is 0. The fraction of sp³-hybridized carbons (Fsp3) is 0.750. The third kappa shape index (κ3) is 14.4. The SMILES string of the molecule is CN.CN.CNC(=O)C1C(C(=O)OC)CCC(C(C)NO)C1C(=O)OC.CO.CO.O=C(O)C1CCC(C(=O)O)C(C(=O)O)C1C(=O)O. The van der Waals surface area contributed by atoms with Gasteiger partial charge in [-0.2, -0.15) is 0 Å². The zero-order valence-electron chi connectivity index (χ0n) is 28.5. The van der Waals surface area contributed by atoms with Crippen molar-refractivity contribution in [2.45, 2.75) is 38.6 Å². The number of aliphatic hydroxyl groups is 2. The third-order valence-electron chi connectivity index (χ3n) is 7.71. The number of nitrogens with two attached hydrogens (primary N) is 2. The molecule has 0 saturated heterocycles. The molecule has 20 heteroatoms. The number of carbonyl (C=O) groups excluding carboxylic acids is 3. The number of esters is 2. The van der Waals surface area contributed by atoms with Gasteiger partial charge in [0.15, 0.2) is 0 Å². The molecule has 13 N–H and O–H groups in total. The third-order valence-corrected chi connectivity index (χ3v) is 7.71. The van der Waals surface area contributed by atoms with Gasteiger partial charge in [-0.15, -0.1) is 0 Å². The van der Waals surface area contributed by atoms with E-state index in [4.69, 9.17) is 45.3 Å². The Kier molecular flexibility index (Phi) is 29.8. The van der Waals surface area contributed by atoms with Gasteiger partial charge in [0, 0.05) is 27.3 Å². The van der Waals surface area contributed by atoms with Gasteiger partial charge in [-0.25, -0.2) is 5.48 Å². The lowest BCUT2D eigenvalue weighted by Gasteiger charge is -2.41. The number of hydroxylamine groups is 1. The molecule has 0 aliphatic heterocycles. The number of aliphatic hydroxyl groups excluding tert-OH is 2. The van der Waals surface area contributed by atoms with E-state index in [0.29, 0.717) is 12.8 Å². The van der Waals surface area contributed by atoms with E-state index in [1.54, 1.807) is 6.92 Å². The van der Waals surface area contributed by atoms with Gasteiger partial charge >= 0.3 is 35.8 Å². The minimum absolute atomic E-state index is 0.160. The predicted octanol–water partition coefficient (Wildman–Crippen LogP) is -2.35. The Bertz CT molecular complexity index is 961. The molecule has 2 aliphatic carbocycles. The molecule has 48 heavy (non-hydrogen) atoms. The van der Waals surface area contributed by atoms with Crippen LogP contribution >= 0.6 is 0 Å². The number of carboxylic acids is 4. The van der Waals surface area contributed by atoms with E-state index in [2.05, 4.69) is 22.3 Å². The van der Waals surface area contributed by atoms with Gasteiger partial charge < -0.3 is 62.1 Å². The highest BCUT2D eigenvalue weighted by Gasteiger charge is 2.53. The number of hydrogen-bond acceptors (Lipinski definition) is 15. The van der Waals surface area contributed by atoms with Crippen LogP contribution in [0.3, 0.4) is 0 Å². The molecule has 0 bridgehead atoms. The van der Waals surface area contributed by atoms with E-state index in [9.17, 15) is 33.6 Å². The summed E-state index contributed by atoms with van der Waals surface area (Å²) in [5, 5.41) is 61.3. The lowest BCUT2D eigenvalue weighted by atomic mass is 9.64. The van der Waals surface area contributed by atoms with Crippen LogP contribution in [0.4, 0.5) is 0 Å². The summed E-state index contributed by atoms with van der Waals surface area (Å²) in [6.07, 6.45) is 0.566. The van der Waals surface area contributed by atoms with Gasteiger partial charge in [0.05, 0.1) is 55.6 Å². The summed E-state index contributed by atoms with van der Waals surface area (Å²) in [4.78, 5) is 80.4. The predicted molar refractivity (Wildman–Crippen MR) is 166 cm³/mol. The number of rotatable bonds is 9. The van der Waals surface area contributed by atoms with Gasteiger partial charge in [-0.3, -0.25) is 33.6 Å². The van der Waals surface area contributed by atoms with Crippen LogP contribution in [0.1, 0.15) is 32.6 Å². The average molecular weight is 703 g/mol. The molecule has 1 amide bonds. The van der Waals surface area contributed by atoms with Crippen LogP contribution in [0.2, 0.25) is 0 Å². The molecule has 0 heterocycles. The number of carboxylic acid groups (broad SMARTS) is 4. The molecule has 0 radical (unpaired) electrons. The number of ether oxygens (including phenoxy) is 2. The molecule has 9 atom stereocenters. The van der Waals surface area contributed by atoms with E-state index >= 15 is 0 Å². The van der Waals surface area contributed by atoms with Gasteiger partial charge in [0.25, 0.3) is 0 Å². The van der Waals surface area contributed by atoms with Crippen molar-refractivity contribution in [1.29, 1.82) is 0 Å². The summed E-state index contributed by atoms with van der Waals surface area (Å²) in [6.45, 7) is 1.71. The molecule has 2 saturated carbocycles. The van der Waals surface area contributed by atoms with Crippen molar-refractivity contribution >= 4 is 41.7 Å². The van der Waals surface area contributed by atoms with Crippen LogP contribution in [-0.4, -0.2) is 133 Å². The van der Waals surface area contributed by atoms with E-state index in [0.717, 1.165) is 14.2 Å². The standard InChI is InChI=1S/C14H24N2O6.C10H12O8.2CH5N.2CH4O/c1-7(16-20)8-5-6-9(13(18)21-3)10(12(17)15-2)11(8)14(19)22-4;11-7(12)3-1-2-4(8(13)14)6(10(17)18)5(3)9(15)16;4*1-2/h7-11,16,20H,5-6H2,1-4H3,(H,15,17);3-6H,1-2H2,(H,11,12)(H,13,14)(H,15,16)(H,17,18);2*2H2,1H3;2*2H,1H3. The molecule has 9 unspecified atom stereocenters. The summed E-state index contributed by atoms with van der Waals surface area (Å²) in [5.41, 5.74) is 11.1. The van der Waals surface area contributed by atoms with Crippen molar-refractivity contribution in [2.75, 3.05) is 49.6 Å². The maximum absolute atomic E-state index is 12.3. The van der Waals surface area contributed by atoms with E-state index in [1.165, 1.54) is 35.4 Å². The Morgan fingerprint density at radius 3 is 1.23 bits per heavy atom. The summed E-state index contributed by atoms with van der Waals surface area (Å²) in [7, 11) is 8.93. The van der Waals surface area contributed by atoms with Crippen LogP contribution in [-0.2, 0) is 43.0 Å².